The van der Waals surface area contributed by atoms with E-state index in [2.05, 4.69) is 10.3 Å². The van der Waals surface area contributed by atoms with Crippen molar-refractivity contribution in [3.8, 4) is 0 Å². The minimum absolute atomic E-state index is 0.284. The van der Waals surface area contributed by atoms with E-state index in [9.17, 15) is 4.79 Å². The second-order valence-electron chi connectivity index (χ2n) is 4.47. The lowest BCUT2D eigenvalue weighted by Gasteiger charge is -2.08. The van der Waals surface area contributed by atoms with Gasteiger partial charge in [0, 0.05) is 13.2 Å². The maximum atomic E-state index is 11.1. The zero-order chi connectivity index (χ0) is 13.0. The minimum atomic E-state index is -0.553. The highest BCUT2D eigenvalue weighted by atomic mass is 16.5. The maximum Gasteiger partial charge on any atom is 0.250 e. The molecule has 0 atom stereocenters. The molecule has 18 heavy (non-hydrogen) atoms. The van der Waals surface area contributed by atoms with E-state index in [1.54, 1.807) is 6.07 Å². The van der Waals surface area contributed by atoms with Crippen LogP contribution >= 0.6 is 0 Å². The summed E-state index contributed by atoms with van der Waals surface area (Å²) in [6.45, 7) is 2.10. The first-order valence-corrected chi connectivity index (χ1v) is 6.03. The highest BCUT2D eigenvalue weighted by molar-refractivity contribution is 5.98. The highest BCUT2D eigenvalue weighted by Crippen LogP contribution is 2.28. The van der Waals surface area contributed by atoms with Crippen molar-refractivity contribution in [3.63, 3.8) is 0 Å². The summed E-state index contributed by atoms with van der Waals surface area (Å²) in [5, 5.41) is 3.06. The number of hydrogen-bond acceptors (Lipinski definition) is 5. The molecule has 98 valence electrons. The average Bonchev–Trinajstić information content (AvgIpc) is 3.14. The molecule has 1 amide bonds. The summed E-state index contributed by atoms with van der Waals surface area (Å²) in [5.41, 5.74) is 11.4. The third-order valence-corrected chi connectivity index (χ3v) is 2.80. The van der Waals surface area contributed by atoms with Crippen LogP contribution in [0.15, 0.2) is 12.3 Å². The largest absolute Gasteiger partial charge is 0.397 e. The Bertz CT molecular complexity index is 432. The van der Waals surface area contributed by atoms with Crippen molar-refractivity contribution < 1.29 is 9.53 Å². The smallest absolute Gasteiger partial charge is 0.250 e. The summed E-state index contributed by atoms with van der Waals surface area (Å²) in [5.74, 6) is 0.789. The predicted octanol–water partition coefficient (Wildman–Crippen LogP) is 0.601. The number of nitrogens with one attached hydrogen (secondary N) is 1. The summed E-state index contributed by atoms with van der Waals surface area (Å²) < 4.78 is 5.47. The van der Waals surface area contributed by atoms with Crippen LogP contribution in [0.5, 0.6) is 0 Å². The van der Waals surface area contributed by atoms with Gasteiger partial charge >= 0.3 is 0 Å². The van der Waals surface area contributed by atoms with E-state index in [0.717, 1.165) is 12.5 Å². The van der Waals surface area contributed by atoms with Gasteiger partial charge in [0.25, 0.3) is 5.91 Å². The van der Waals surface area contributed by atoms with Crippen LogP contribution in [0.2, 0.25) is 0 Å². The Morgan fingerprint density at radius 1 is 1.56 bits per heavy atom. The summed E-state index contributed by atoms with van der Waals surface area (Å²) >= 11 is 0. The number of carbonyl (C=O) groups excluding carboxylic acids is 1. The maximum absolute atomic E-state index is 11.1. The van der Waals surface area contributed by atoms with Gasteiger partial charge in [0.1, 0.15) is 5.82 Å². The lowest BCUT2D eigenvalue weighted by atomic mass is 10.2. The summed E-state index contributed by atoms with van der Waals surface area (Å²) in [4.78, 5) is 15.2. The van der Waals surface area contributed by atoms with Crippen molar-refractivity contribution in [3.05, 3.63) is 17.8 Å². The molecule has 6 nitrogen and oxygen atoms in total. The number of hydrogen-bond donors (Lipinski definition) is 3. The normalized spacial score (nSPS) is 14.4. The van der Waals surface area contributed by atoms with Crippen LogP contribution in [-0.2, 0) is 4.74 Å². The molecule has 5 N–H and O–H groups in total. The molecule has 2 rings (SSSR count). The summed E-state index contributed by atoms with van der Waals surface area (Å²) in [6, 6.07) is 1.55. The van der Waals surface area contributed by atoms with Crippen LogP contribution < -0.4 is 16.8 Å². The Morgan fingerprint density at radius 3 is 3.00 bits per heavy atom. The summed E-state index contributed by atoms with van der Waals surface area (Å²) in [7, 11) is 0. The summed E-state index contributed by atoms with van der Waals surface area (Å²) in [6.07, 6.45) is 4.00. The van der Waals surface area contributed by atoms with Gasteiger partial charge in [-0.3, -0.25) is 4.79 Å². The van der Waals surface area contributed by atoms with Crippen molar-refractivity contribution in [2.24, 2.45) is 11.7 Å². The number of ether oxygens (including phenoxy) is 1. The van der Waals surface area contributed by atoms with Gasteiger partial charge in [-0.2, -0.15) is 0 Å². The van der Waals surface area contributed by atoms with Gasteiger partial charge in [-0.15, -0.1) is 0 Å². The fourth-order valence-electron chi connectivity index (χ4n) is 1.56. The van der Waals surface area contributed by atoms with Gasteiger partial charge in [-0.25, -0.2) is 4.98 Å². The number of aromatic nitrogens is 1. The molecule has 1 fully saturated rings. The average molecular weight is 250 g/mol. The van der Waals surface area contributed by atoms with E-state index in [1.807, 2.05) is 0 Å². The third kappa shape index (κ3) is 3.59. The number of nitrogen functional groups attached to an aromatic ring is 1. The number of amides is 1. The number of anilines is 2. The Morgan fingerprint density at radius 2 is 2.33 bits per heavy atom. The first-order valence-electron chi connectivity index (χ1n) is 6.03. The molecule has 1 aliphatic carbocycles. The SMILES string of the molecule is NC(=O)c1cc(NCCOCC2CC2)ncc1N. The molecule has 1 aromatic rings. The van der Waals surface area contributed by atoms with Crippen molar-refractivity contribution in [2.75, 3.05) is 30.8 Å². The van der Waals surface area contributed by atoms with Gasteiger partial charge in [-0.05, 0) is 24.8 Å². The van der Waals surface area contributed by atoms with Crippen molar-refractivity contribution in [1.82, 2.24) is 4.98 Å². The molecule has 1 heterocycles. The minimum Gasteiger partial charge on any atom is -0.397 e. The van der Waals surface area contributed by atoms with Gasteiger partial charge in [0.2, 0.25) is 0 Å². The lowest BCUT2D eigenvalue weighted by Crippen LogP contribution is -2.16. The molecule has 0 saturated heterocycles. The van der Waals surface area contributed by atoms with E-state index in [4.69, 9.17) is 16.2 Å². The van der Waals surface area contributed by atoms with Crippen LogP contribution in [0.4, 0.5) is 11.5 Å². The Labute approximate surface area is 106 Å². The monoisotopic (exact) mass is 250 g/mol. The first kappa shape index (κ1) is 12.6. The second-order valence-corrected chi connectivity index (χ2v) is 4.47. The molecule has 1 aromatic heterocycles. The molecular weight excluding hydrogens is 232 g/mol. The molecule has 0 unspecified atom stereocenters. The van der Waals surface area contributed by atoms with Gasteiger partial charge in [-0.1, -0.05) is 0 Å². The lowest BCUT2D eigenvalue weighted by molar-refractivity contribution is 0.100. The predicted molar refractivity (Wildman–Crippen MR) is 69.2 cm³/mol. The Kier molecular flexibility index (Phi) is 3.99. The highest BCUT2D eigenvalue weighted by Gasteiger charge is 2.20. The topological polar surface area (TPSA) is 103 Å². The molecule has 1 aliphatic rings. The number of carbonyl (C=O) groups is 1. The number of nitrogens with zero attached hydrogens (tertiary/aromatic N) is 1. The molecule has 6 heteroatoms. The Hall–Kier alpha value is -1.82. The van der Waals surface area contributed by atoms with Crippen LogP contribution in [0.1, 0.15) is 23.2 Å². The van der Waals surface area contributed by atoms with Crippen molar-refractivity contribution in [2.45, 2.75) is 12.8 Å². The molecular formula is C12H18N4O2. The first-order chi connectivity index (χ1) is 8.66. The van der Waals surface area contributed by atoms with E-state index in [1.165, 1.54) is 19.0 Å². The van der Waals surface area contributed by atoms with Crippen LogP contribution in [0, 0.1) is 5.92 Å². The third-order valence-electron chi connectivity index (χ3n) is 2.80. The number of pyridine rings is 1. The second kappa shape index (κ2) is 5.68. The fourth-order valence-corrected chi connectivity index (χ4v) is 1.56. The quantitative estimate of drug-likeness (QED) is 0.615. The number of primary amides is 1. The molecule has 0 aromatic carbocycles. The number of rotatable bonds is 7. The van der Waals surface area contributed by atoms with E-state index >= 15 is 0 Å². The van der Waals surface area contributed by atoms with E-state index in [0.29, 0.717) is 19.0 Å². The molecule has 0 bridgehead atoms. The molecule has 0 radical (unpaired) electrons. The zero-order valence-electron chi connectivity index (χ0n) is 10.2. The fraction of sp³-hybridized carbons (Fsp3) is 0.500. The molecule has 1 saturated carbocycles. The van der Waals surface area contributed by atoms with Crippen molar-refractivity contribution in [1.29, 1.82) is 0 Å². The number of nitrogens with two attached hydrogens (primary N) is 2. The zero-order valence-corrected chi connectivity index (χ0v) is 10.2. The van der Waals surface area contributed by atoms with E-state index in [-0.39, 0.29) is 11.3 Å². The van der Waals surface area contributed by atoms with Crippen molar-refractivity contribution >= 4 is 17.4 Å². The van der Waals surface area contributed by atoms with Crippen LogP contribution in [-0.4, -0.2) is 30.6 Å². The van der Waals surface area contributed by atoms with Gasteiger partial charge in [0.15, 0.2) is 0 Å². The standard InChI is InChI=1S/C12H18N4O2/c13-10-6-16-11(5-9(10)12(14)17)15-3-4-18-7-8-1-2-8/h5-6,8H,1-4,7,13H2,(H2,14,17)(H,15,16). The molecule has 0 spiro atoms. The Balaban J connectivity index is 1.77. The van der Waals surface area contributed by atoms with Crippen LogP contribution in [0.25, 0.3) is 0 Å². The van der Waals surface area contributed by atoms with Gasteiger partial charge < -0.3 is 21.5 Å². The van der Waals surface area contributed by atoms with Crippen LogP contribution in [0.3, 0.4) is 0 Å². The molecule has 0 aliphatic heterocycles. The van der Waals surface area contributed by atoms with Gasteiger partial charge in [0.05, 0.1) is 24.1 Å². The van der Waals surface area contributed by atoms with E-state index < -0.39 is 5.91 Å².